The summed E-state index contributed by atoms with van der Waals surface area (Å²) in [7, 11) is 0. The second-order valence-corrected chi connectivity index (χ2v) is 6.24. The zero-order valence-corrected chi connectivity index (χ0v) is 13.4. The summed E-state index contributed by atoms with van der Waals surface area (Å²) < 4.78 is 0. The molecule has 1 aromatic heterocycles. The average molecular weight is 289 g/mol. The molecule has 0 aliphatic heterocycles. The third-order valence-corrected chi connectivity index (χ3v) is 4.01. The van der Waals surface area contributed by atoms with Crippen molar-refractivity contribution < 1.29 is 4.79 Å². The standard InChI is InChI=1S/C17H27N3O/c1-4-19-16-11-18-10-9-15(16)17(21)20(12-13(2)3)14-7-5-6-8-14/h9-11,13-14,19H,4-8,12H2,1-3H3. The average Bonchev–Trinajstić information content (AvgIpc) is 2.99. The number of aromatic nitrogens is 1. The first kappa shape index (κ1) is 15.8. The molecule has 2 rings (SSSR count). The normalized spacial score (nSPS) is 15.4. The second kappa shape index (κ2) is 7.43. The number of hydrogen-bond acceptors (Lipinski definition) is 3. The molecule has 0 unspecified atom stereocenters. The van der Waals surface area contributed by atoms with Crippen molar-refractivity contribution in [2.45, 2.75) is 52.5 Å². The number of hydrogen-bond donors (Lipinski definition) is 1. The third-order valence-electron chi connectivity index (χ3n) is 4.01. The molecule has 1 N–H and O–H groups in total. The van der Waals surface area contributed by atoms with Gasteiger partial charge in [0, 0.05) is 25.3 Å². The van der Waals surface area contributed by atoms with E-state index in [9.17, 15) is 4.79 Å². The molecule has 1 fully saturated rings. The largest absolute Gasteiger partial charge is 0.383 e. The maximum Gasteiger partial charge on any atom is 0.256 e. The Bertz CT molecular complexity index is 467. The van der Waals surface area contributed by atoms with Gasteiger partial charge < -0.3 is 10.2 Å². The maximum atomic E-state index is 13.0. The highest BCUT2D eigenvalue weighted by Gasteiger charge is 2.28. The van der Waals surface area contributed by atoms with Crippen LogP contribution in [0.1, 0.15) is 56.8 Å². The fourth-order valence-corrected chi connectivity index (χ4v) is 3.07. The molecule has 1 aliphatic carbocycles. The van der Waals surface area contributed by atoms with Crippen LogP contribution >= 0.6 is 0 Å². The molecule has 0 spiro atoms. The van der Waals surface area contributed by atoms with E-state index in [0.29, 0.717) is 12.0 Å². The van der Waals surface area contributed by atoms with Crippen molar-refractivity contribution in [3.8, 4) is 0 Å². The van der Waals surface area contributed by atoms with Gasteiger partial charge in [-0.05, 0) is 31.7 Å². The Labute approximate surface area is 127 Å². The Morgan fingerprint density at radius 2 is 2.14 bits per heavy atom. The van der Waals surface area contributed by atoms with Crippen LogP contribution in [0.4, 0.5) is 5.69 Å². The Morgan fingerprint density at radius 1 is 1.43 bits per heavy atom. The summed E-state index contributed by atoms with van der Waals surface area (Å²) in [6.07, 6.45) is 8.21. The van der Waals surface area contributed by atoms with Gasteiger partial charge in [0.25, 0.3) is 5.91 Å². The zero-order valence-electron chi connectivity index (χ0n) is 13.4. The number of carbonyl (C=O) groups excluding carboxylic acids is 1. The Balaban J connectivity index is 2.24. The summed E-state index contributed by atoms with van der Waals surface area (Å²) in [4.78, 5) is 19.2. The van der Waals surface area contributed by atoms with Gasteiger partial charge in [-0.15, -0.1) is 0 Å². The van der Waals surface area contributed by atoms with E-state index in [1.807, 2.05) is 13.0 Å². The van der Waals surface area contributed by atoms with Gasteiger partial charge in [0.05, 0.1) is 17.4 Å². The number of anilines is 1. The lowest BCUT2D eigenvalue weighted by Gasteiger charge is -2.31. The van der Waals surface area contributed by atoms with Crippen LogP contribution in [-0.4, -0.2) is 34.9 Å². The van der Waals surface area contributed by atoms with E-state index in [-0.39, 0.29) is 5.91 Å². The Hall–Kier alpha value is -1.58. The number of rotatable bonds is 6. The quantitative estimate of drug-likeness (QED) is 0.871. The Kier molecular flexibility index (Phi) is 5.59. The molecule has 4 nitrogen and oxygen atoms in total. The van der Waals surface area contributed by atoms with Crippen molar-refractivity contribution in [1.82, 2.24) is 9.88 Å². The van der Waals surface area contributed by atoms with Crippen LogP contribution in [0.5, 0.6) is 0 Å². The van der Waals surface area contributed by atoms with Crippen LogP contribution in [0.15, 0.2) is 18.5 Å². The zero-order chi connectivity index (χ0) is 15.2. The smallest absolute Gasteiger partial charge is 0.256 e. The van der Waals surface area contributed by atoms with Gasteiger partial charge in [-0.1, -0.05) is 26.7 Å². The van der Waals surface area contributed by atoms with Gasteiger partial charge >= 0.3 is 0 Å². The van der Waals surface area contributed by atoms with E-state index in [1.165, 1.54) is 12.8 Å². The van der Waals surface area contributed by atoms with Gasteiger partial charge in [-0.3, -0.25) is 9.78 Å². The lowest BCUT2D eigenvalue weighted by atomic mass is 10.1. The van der Waals surface area contributed by atoms with E-state index in [0.717, 1.165) is 37.2 Å². The third kappa shape index (κ3) is 3.96. The summed E-state index contributed by atoms with van der Waals surface area (Å²) in [6.45, 7) is 8.00. The fraction of sp³-hybridized carbons (Fsp3) is 0.647. The van der Waals surface area contributed by atoms with Crippen LogP contribution in [0.2, 0.25) is 0 Å². The SMILES string of the molecule is CCNc1cnccc1C(=O)N(CC(C)C)C1CCCC1. The highest BCUT2D eigenvalue weighted by molar-refractivity contribution is 5.99. The second-order valence-electron chi connectivity index (χ2n) is 6.24. The van der Waals surface area contributed by atoms with Crippen LogP contribution in [-0.2, 0) is 0 Å². The first-order valence-electron chi connectivity index (χ1n) is 8.12. The summed E-state index contributed by atoms with van der Waals surface area (Å²) in [5.41, 5.74) is 1.59. The van der Waals surface area contributed by atoms with Crippen molar-refractivity contribution in [1.29, 1.82) is 0 Å². The van der Waals surface area contributed by atoms with Crippen LogP contribution in [0.25, 0.3) is 0 Å². The summed E-state index contributed by atoms with van der Waals surface area (Å²) in [6, 6.07) is 2.24. The van der Waals surface area contributed by atoms with Crippen LogP contribution in [0, 0.1) is 5.92 Å². The topological polar surface area (TPSA) is 45.2 Å². The molecule has 4 heteroatoms. The number of nitrogens with one attached hydrogen (secondary N) is 1. The predicted octanol–water partition coefficient (Wildman–Crippen LogP) is 3.55. The number of pyridine rings is 1. The summed E-state index contributed by atoms with van der Waals surface area (Å²) >= 11 is 0. The van der Waals surface area contributed by atoms with Crippen LogP contribution in [0.3, 0.4) is 0 Å². The molecule has 1 heterocycles. The molecule has 1 saturated carbocycles. The molecule has 0 saturated heterocycles. The first-order valence-corrected chi connectivity index (χ1v) is 8.12. The molecule has 0 bridgehead atoms. The van der Waals surface area contributed by atoms with Crippen molar-refractivity contribution in [2.75, 3.05) is 18.4 Å². The van der Waals surface area contributed by atoms with E-state index >= 15 is 0 Å². The van der Waals surface area contributed by atoms with Gasteiger partial charge in [0.2, 0.25) is 0 Å². The molecular formula is C17H27N3O. The molecule has 0 aromatic carbocycles. The Morgan fingerprint density at radius 3 is 2.76 bits per heavy atom. The van der Waals surface area contributed by atoms with Crippen molar-refractivity contribution in [3.63, 3.8) is 0 Å². The van der Waals surface area contributed by atoms with Gasteiger partial charge in [0.1, 0.15) is 0 Å². The molecule has 1 amide bonds. The first-order chi connectivity index (χ1) is 10.1. The van der Waals surface area contributed by atoms with E-state index in [2.05, 4.69) is 29.0 Å². The summed E-state index contributed by atoms with van der Waals surface area (Å²) in [5, 5.41) is 3.25. The van der Waals surface area contributed by atoms with E-state index in [4.69, 9.17) is 0 Å². The monoisotopic (exact) mass is 289 g/mol. The molecular weight excluding hydrogens is 262 g/mol. The van der Waals surface area contributed by atoms with Crippen molar-refractivity contribution >= 4 is 11.6 Å². The van der Waals surface area contributed by atoms with E-state index < -0.39 is 0 Å². The number of carbonyl (C=O) groups is 1. The molecule has 21 heavy (non-hydrogen) atoms. The number of nitrogens with zero attached hydrogens (tertiary/aromatic N) is 2. The van der Waals surface area contributed by atoms with Crippen LogP contribution < -0.4 is 5.32 Å². The molecule has 1 aromatic rings. The molecule has 116 valence electrons. The number of amides is 1. The van der Waals surface area contributed by atoms with Crippen molar-refractivity contribution in [3.05, 3.63) is 24.0 Å². The highest BCUT2D eigenvalue weighted by atomic mass is 16.2. The minimum absolute atomic E-state index is 0.147. The molecule has 1 aliphatic rings. The molecule has 0 atom stereocenters. The summed E-state index contributed by atoms with van der Waals surface area (Å²) in [5.74, 6) is 0.632. The molecule has 0 radical (unpaired) electrons. The lowest BCUT2D eigenvalue weighted by molar-refractivity contribution is 0.0656. The van der Waals surface area contributed by atoms with Gasteiger partial charge in [-0.2, -0.15) is 0 Å². The maximum absolute atomic E-state index is 13.0. The minimum Gasteiger partial charge on any atom is -0.383 e. The minimum atomic E-state index is 0.147. The fourth-order valence-electron chi connectivity index (χ4n) is 3.07. The van der Waals surface area contributed by atoms with Gasteiger partial charge in [0.15, 0.2) is 0 Å². The van der Waals surface area contributed by atoms with Crippen molar-refractivity contribution in [2.24, 2.45) is 5.92 Å². The highest BCUT2D eigenvalue weighted by Crippen LogP contribution is 2.27. The van der Waals surface area contributed by atoms with Gasteiger partial charge in [-0.25, -0.2) is 0 Å². The lowest BCUT2D eigenvalue weighted by Crippen LogP contribution is -2.41. The predicted molar refractivity (Wildman–Crippen MR) is 86.5 cm³/mol. The van der Waals surface area contributed by atoms with E-state index in [1.54, 1.807) is 12.4 Å².